The summed E-state index contributed by atoms with van der Waals surface area (Å²) in [5.41, 5.74) is 9.72. The molecule has 0 radical (unpaired) electrons. The fraction of sp³-hybridized carbons (Fsp3) is 0.417. The van der Waals surface area contributed by atoms with Crippen molar-refractivity contribution in [3.8, 4) is 0 Å². The molecule has 3 heterocycles. The van der Waals surface area contributed by atoms with Crippen molar-refractivity contribution in [3.63, 3.8) is 0 Å². The molecule has 0 saturated heterocycles. The summed E-state index contributed by atoms with van der Waals surface area (Å²) < 4.78 is 14.7. The number of hydrogen-bond acceptors (Lipinski definition) is 4. The van der Waals surface area contributed by atoms with Crippen molar-refractivity contribution < 1.29 is 9.18 Å². The number of aromatic nitrogens is 1. The smallest absolute Gasteiger partial charge is 0.230 e. The van der Waals surface area contributed by atoms with Crippen LogP contribution in [0.2, 0.25) is 5.02 Å². The molecule has 164 valence electrons. The molecule has 0 aliphatic carbocycles. The largest absolute Gasteiger partial charge is 0.372 e. The van der Waals surface area contributed by atoms with Gasteiger partial charge in [0.25, 0.3) is 0 Å². The van der Waals surface area contributed by atoms with E-state index in [9.17, 15) is 9.18 Å². The quantitative estimate of drug-likeness (QED) is 0.736. The summed E-state index contributed by atoms with van der Waals surface area (Å²) in [7, 11) is 2.10. The van der Waals surface area contributed by atoms with E-state index >= 15 is 0 Å². The number of carbonyl (C=O) groups is 1. The normalized spacial score (nSPS) is 21.6. The Balaban J connectivity index is 1.62. The summed E-state index contributed by atoms with van der Waals surface area (Å²) >= 11 is 5.99. The summed E-state index contributed by atoms with van der Waals surface area (Å²) in [5, 5.41) is 0.0246. The highest BCUT2D eigenvalue weighted by Gasteiger charge is 2.44. The monoisotopic (exact) mass is 442 g/mol. The molecule has 0 bridgehead atoms. The Kier molecular flexibility index (Phi) is 6.30. The van der Waals surface area contributed by atoms with E-state index in [2.05, 4.69) is 29.9 Å². The molecule has 2 aliphatic rings. The van der Waals surface area contributed by atoms with Gasteiger partial charge in [0, 0.05) is 49.2 Å². The second-order valence-electron chi connectivity index (χ2n) is 8.29. The molecule has 1 aromatic carbocycles. The van der Waals surface area contributed by atoms with Crippen molar-refractivity contribution in [1.29, 1.82) is 0 Å². The minimum Gasteiger partial charge on any atom is -0.372 e. The van der Waals surface area contributed by atoms with Gasteiger partial charge in [-0.2, -0.15) is 0 Å². The van der Waals surface area contributed by atoms with Gasteiger partial charge in [-0.15, -0.1) is 0 Å². The average Bonchev–Trinajstić information content (AvgIpc) is 3.32. The molecule has 1 amide bonds. The second-order valence-corrected chi connectivity index (χ2v) is 8.70. The molecule has 0 saturated carbocycles. The summed E-state index contributed by atoms with van der Waals surface area (Å²) in [6.07, 6.45) is 5.07. The fourth-order valence-electron chi connectivity index (χ4n) is 5.14. The maximum atomic E-state index is 14.7. The van der Waals surface area contributed by atoms with Gasteiger partial charge in [0.1, 0.15) is 5.82 Å². The minimum absolute atomic E-state index is 0.0246. The van der Waals surface area contributed by atoms with E-state index in [1.165, 1.54) is 22.9 Å². The van der Waals surface area contributed by atoms with Crippen molar-refractivity contribution in [3.05, 3.63) is 76.0 Å². The van der Waals surface area contributed by atoms with Crippen molar-refractivity contribution in [2.24, 2.45) is 5.73 Å². The molecule has 1 aromatic heterocycles. The van der Waals surface area contributed by atoms with Crippen LogP contribution in [0.15, 0.2) is 54.0 Å². The van der Waals surface area contributed by atoms with Crippen LogP contribution in [-0.4, -0.2) is 53.4 Å². The first-order chi connectivity index (χ1) is 15.0. The van der Waals surface area contributed by atoms with Crippen LogP contribution >= 0.6 is 11.6 Å². The molecule has 4 rings (SSSR count). The Morgan fingerprint density at radius 3 is 2.81 bits per heavy atom. The van der Waals surface area contributed by atoms with Gasteiger partial charge in [-0.25, -0.2) is 4.39 Å². The lowest BCUT2D eigenvalue weighted by Gasteiger charge is -2.33. The van der Waals surface area contributed by atoms with Crippen LogP contribution in [0.4, 0.5) is 4.39 Å². The molecule has 5 nitrogen and oxygen atoms in total. The molecule has 0 spiro atoms. The van der Waals surface area contributed by atoms with E-state index in [0.29, 0.717) is 37.7 Å². The fourth-order valence-corrected chi connectivity index (χ4v) is 5.33. The number of rotatable bonds is 6. The third-order valence-corrected chi connectivity index (χ3v) is 6.93. The molecule has 7 heteroatoms. The predicted molar refractivity (Wildman–Crippen MR) is 120 cm³/mol. The second kappa shape index (κ2) is 8.97. The van der Waals surface area contributed by atoms with Crippen LogP contribution in [0.3, 0.4) is 0 Å². The Morgan fingerprint density at radius 2 is 2.13 bits per heavy atom. The first-order valence-electron chi connectivity index (χ1n) is 10.7. The number of carbonyl (C=O) groups excluding carboxylic acids is 1. The van der Waals surface area contributed by atoms with Crippen molar-refractivity contribution in [2.75, 3.05) is 26.7 Å². The van der Waals surface area contributed by atoms with E-state index in [1.54, 1.807) is 18.3 Å². The van der Waals surface area contributed by atoms with Crippen LogP contribution < -0.4 is 5.73 Å². The zero-order valence-electron chi connectivity index (χ0n) is 17.9. The highest BCUT2D eigenvalue weighted by molar-refractivity contribution is 6.30. The molecular weight excluding hydrogens is 415 g/mol. The molecular formula is C24H28ClFN4O. The Morgan fingerprint density at radius 1 is 1.32 bits per heavy atom. The van der Waals surface area contributed by atoms with E-state index < -0.39 is 11.7 Å². The van der Waals surface area contributed by atoms with Gasteiger partial charge in [-0.1, -0.05) is 36.7 Å². The number of pyridine rings is 1. The van der Waals surface area contributed by atoms with E-state index in [-0.39, 0.29) is 16.8 Å². The lowest BCUT2D eigenvalue weighted by atomic mass is 9.86. The molecule has 2 aliphatic heterocycles. The van der Waals surface area contributed by atoms with Gasteiger partial charge in [0.05, 0.1) is 17.5 Å². The Labute approximate surface area is 187 Å². The number of halogens is 2. The Hall–Kier alpha value is -2.44. The third kappa shape index (κ3) is 3.83. The van der Waals surface area contributed by atoms with Crippen LogP contribution in [0.5, 0.6) is 0 Å². The Bertz CT molecular complexity index is 996. The van der Waals surface area contributed by atoms with E-state index in [1.807, 2.05) is 17.2 Å². The first kappa shape index (κ1) is 21.8. The van der Waals surface area contributed by atoms with E-state index in [4.69, 9.17) is 17.3 Å². The number of hydrogen-bond donors (Lipinski definition) is 1. The van der Waals surface area contributed by atoms with E-state index in [0.717, 1.165) is 6.42 Å². The molecule has 2 N–H and O–H groups in total. The minimum atomic E-state index is -0.646. The van der Waals surface area contributed by atoms with Gasteiger partial charge < -0.3 is 15.5 Å². The van der Waals surface area contributed by atoms with Crippen molar-refractivity contribution in [1.82, 2.24) is 14.8 Å². The SMILES string of the molecule is CCC1C(c2cccnc2)C2=C(CN(C(=O)C(CCN)c3cccc(Cl)c3F)C2)N1C. The van der Waals surface area contributed by atoms with Crippen LogP contribution in [0.1, 0.15) is 42.7 Å². The standard InChI is InChI=1S/C24H28ClFN4O/c1-3-20-22(15-6-5-11-28-12-15)18-13-30(14-21(18)29(20)2)24(31)17(9-10-27)16-7-4-8-19(25)23(16)26/h4-8,11-12,17,20,22H,3,9-10,13-14,27H2,1-2H3. The van der Waals surface area contributed by atoms with Gasteiger partial charge in [-0.05, 0) is 42.7 Å². The predicted octanol–water partition coefficient (Wildman–Crippen LogP) is 3.91. The van der Waals surface area contributed by atoms with Crippen LogP contribution in [0.25, 0.3) is 0 Å². The maximum Gasteiger partial charge on any atom is 0.230 e. The zero-order chi connectivity index (χ0) is 22.1. The molecule has 0 fully saturated rings. The molecule has 2 aromatic rings. The number of amides is 1. The number of nitrogens with two attached hydrogens (primary N) is 1. The molecule has 31 heavy (non-hydrogen) atoms. The molecule has 3 atom stereocenters. The molecule has 3 unspecified atom stereocenters. The zero-order valence-corrected chi connectivity index (χ0v) is 18.6. The van der Waals surface area contributed by atoms with Crippen LogP contribution in [-0.2, 0) is 4.79 Å². The summed E-state index contributed by atoms with van der Waals surface area (Å²) in [4.78, 5) is 22.0. The number of nitrogens with zero attached hydrogens (tertiary/aromatic N) is 3. The highest BCUT2D eigenvalue weighted by atomic mass is 35.5. The third-order valence-electron chi connectivity index (χ3n) is 6.64. The first-order valence-corrected chi connectivity index (χ1v) is 11.1. The maximum absolute atomic E-state index is 14.7. The van der Waals surface area contributed by atoms with Gasteiger partial charge in [-0.3, -0.25) is 9.78 Å². The highest BCUT2D eigenvalue weighted by Crippen LogP contribution is 2.45. The summed E-state index contributed by atoms with van der Waals surface area (Å²) in [5.74, 6) is -1.08. The number of likely N-dealkylation sites (N-methyl/N-ethyl adjacent to an activating group) is 1. The lowest BCUT2D eigenvalue weighted by molar-refractivity contribution is -0.132. The lowest BCUT2D eigenvalue weighted by Crippen LogP contribution is -2.40. The van der Waals surface area contributed by atoms with Gasteiger partial charge in [0.2, 0.25) is 5.91 Å². The summed E-state index contributed by atoms with van der Waals surface area (Å²) in [6.45, 7) is 3.55. The van der Waals surface area contributed by atoms with Crippen LogP contribution in [0, 0.1) is 5.82 Å². The van der Waals surface area contributed by atoms with Crippen molar-refractivity contribution >= 4 is 17.5 Å². The topological polar surface area (TPSA) is 62.5 Å². The van der Waals surface area contributed by atoms with Crippen molar-refractivity contribution in [2.45, 2.75) is 37.6 Å². The summed E-state index contributed by atoms with van der Waals surface area (Å²) in [6, 6.07) is 9.21. The van der Waals surface area contributed by atoms with Gasteiger partial charge >= 0.3 is 0 Å². The number of benzene rings is 1. The van der Waals surface area contributed by atoms with Gasteiger partial charge in [0.15, 0.2) is 0 Å². The average molecular weight is 443 g/mol.